The van der Waals surface area contributed by atoms with Crippen LogP contribution in [0.5, 0.6) is 0 Å². The van der Waals surface area contributed by atoms with Crippen molar-refractivity contribution < 1.29 is 38.8 Å². The number of allylic oxidation sites excluding steroid dienone is 1. The van der Waals surface area contributed by atoms with Crippen molar-refractivity contribution in [2.75, 3.05) is 40.0 Å². The first kappa shape index (κ1) is 18.7. The molecule has 0 aromatic rings. The van der Waals surface area contributed by atoms with E-state index in [2.05, 4.69) is 9.47 Å². The van der Waals surface area contributed by atoms with Gasteiger partial charge in [0.05, 0.1) is 20.3 Å². The third-order valence-electron chi connectivity index (χ3n) is 2.36. The second-order valence-corrected chi connectivity index (χ2v) is 3.83. The minimum atomic E-state index is -0.935. The Bertz CT molecular complexity index is 383. The maximum Gasteiger partial charge on any atom is 0.376 e. The van der Waals surface area contributed by atoms with Crippen molar-refractivity contribution >= 4 is 18.3 Å². The number of amides is 1. The fraction of sp³-hybridized carbons (Fsp3) is 0.583. The summed E-state index contributed by atoms with van der Waals surface area (Å²) >= 11 is 0. The molecule has 21 heavy (non-hydrogen) atoms. The van der Waals surface area contributed by atoms with E-state index in [1.807, 2.05) is 0 Å². The Hall–Kier alpha value is -2.29. The summed E-state index contributed by atoms with van der Waals surface area (Å²) < 4.78 is 13.5. The molecule has 9 nitrogen and oxygen atoms in total. The summed E-state index contributed by atoms with van der Waals surface area (Å²) in [6.07, 6.45) is 0. The van der Waals surface area contributed by atoms with Crippen molar-refractivity contribution in [1.82, 2.24) is 4.90 Å². The fourth-order valence-corrected chi connectivity index (χ4v) is 1.25. The maximum absolute atomic E-state index is 11.1. The van der Waals surface area contributed by atoms with Crippen LogP contribution in [0.15, 0.2) is 11.5 Å². The number of aliphatic hydroxyl groups excluding tert-OH is 2. The number of rotatable bonds is 4. The van der Waals surface area contributed by atoms with Gasteiger partial charge in [-0.1, -0.05) is 0 Å². The third kappa shape index (κ3) is 7.78. The molecule has 1 amide bonds. The molecule has 0 saturated carbocycles. The van der Waals surface area contributed by atoms with Gasteiger partial charge in [0, 0.05) is 13.1 Å². The smallest absolute Gasteiger partial charge is 0.376 e. The lowest BCUT2D eigenvalue weighted by Crippen LogP contribution is -2.42. The van der Waals surface area contributed by atoms with Crippen LogP contribution in [-0.4, -0.2) is 73.5 Å². The quantitative estimate of drug-likeness (QED) is 0.309. The number of carbonyl (C=O) groups excluding carboxylic acids is 3. The van der Waals surface area contributed by atoms with Crippen LogP contribution >= 0.6 is 0 Å². The van der Waals surface area contributed by atoms with E-state index in [9.17, 15) is 14.4 Å². The molecule has 0 unspecified atom stereocenters. The van der Waals surface area contributed by atoms with E-state index < -0.39 is 17.5 Å². The lowest BCUT2D eigenvalue weighted by molar-refractivity contribution is -0.146. The van der Waals surface area contributed by atoms with E-state index in [4.69, 9.17) is 14.9 Å². The molecule has 1 aliphatic rings. The highest BCUT2D eigenvalue weighted by Gasteiger charge is 2.16. The van der Waals surface area contributed by atoms with E-state index in [-0.39, 0.29) is 19.0 Å². The maximum atomic E-state index is 11.1. The molecule has 9 heteroatoms. The van der Waals surface area contributed by atoms with Crippen LogP contribution in [0, 0.1) is 0 Å². The van der Waals surface area contributed by atoms with Crippen LogP contribution < -0.4 is 0 Å². The number of methoxy groups -OCH3 is 1. The van der Waals surface area contributed by atoms with Crippen molar-refractivity contribution in [3.05, 3.63) is 11.5 Å². The van der Waals surface area contributed by atoms with Gasteiger partial charge in [0.1, 0.15) is 5.76 Å². The lowest BCUT2D eigenvalue weighted by atomic mass is 10.4. The standard InChI is InChI=1S/C7H11NO4.C5H8O4/c9-6-12-5-7(10)8-1-3-11-4-2-8;1-3(6)4(7)5(8)9-2/h6H,1-5H2;6-7H,1-2H3/b;4-3+. The minimum Gasteiger partial charge on any atom is -0.508 e. The topological polar surface area (TPSA) is 123 Å². The molecular formula is C12H19NO8. The monoisotopic (exact) mass is 305 g/mol. The molecule has 0 aromatic carbocycles. The molecule has 0 radical (unpaired) electrons. The molecule has 1 saturated heterocycles. The average molecular weight is 305 g/mol. The predicted octanol–water partition coefficient (Wildman–Crippen LogP) is -0.475. The first-order chi connectivity index (χ1) is 9.93. The van der Waals surface area contributed by atoms with Gasteiger partial charge in [-0.2, -0.15) is 0 Å². The van der Waals surface area contributed by atoms with E-state index in [1.165, 1.54) is 6.92 Å². The van der Waals surface area contributed by atoms with Gasteiger partial charge in [-0.15, -0.1) is 0 Å². The van der Waals surface area contributed by atoms with Gasteiger partial charge in [-0.25, -0.2) is 4.79 Å². The van der Waals surface area contributed by atoms with E-state index in [0.717, 1.165) is 7.11 Å². The van der Waals surface area contributed by atoms with Gasteiger partial charge < -0.3 is 29.3 Å². The van der Waals surface area contributed by atoms with Crippen LogP contribution in [0.2, 0.25) is 0 Å². The van der Waals surface area contributed by atoms with Gasteiger partial charge >= 0.3 is 5.97 Å². The van der Waals surface area contributed by atoms with Crippen molar-refractivity contribution in [2.45, 2.75) is 6.92 Å². The Balaban J connectivity index is 0.000000400. The number of carbonyl (C=O) groups is 3. The van der Waals surface area contributed by atoms with Crippen molar-refractivity contribution in [2.24, 2.45) is 0 Å². The van der Waals surface area contributed by atoms with Crippen molar-refractivity contribution in [1.29, 1.82) is 0 Å². The van der Waals surface area contributed by atoms with Crippen molar-refractivity contribution in [3.8, 4) is 0 Å². The van der Waals surface area contributed by atoms with E-state index in [1.54, 1.807) is 4.90 Å². The number of ether oxygens (including phenoxy) is 3. The van der Waals surface area contributed by atoms with Crippen LogP contribution in [0.25, 0.3) is 0 Å². The summed E-state index contributed by atoms with van der Waals surface area (Å²) in [7, 11) is 1.11. The Kier molecular flexibility index (Phi) is 9.35. The normalized spacial score (nSPS) is 15.0. The Morgan fingerprint density at radius 3 is 2.24 bits per heavy atom. The van der Waals surface area contributed by atoms with Gasteiger partial charge in [0.2, 0.25) is 5.76 Å². The minimum absolute atomic E-state index is 0.162. The second-order valence-electron chi connectivity index (χ2n) is 3.83. The highest BCUT2D eigenvalue weighted by Crippen LogP contribution is 1.97. The zero-order valence-corrected chi connectivity index (χ0v) is 11.9. The molecule has 0 spiro atoms. The van der Waals surface area contributed by atoms with Gasteiger partial charge in [-0.3, -0.25) is 9.59 Å². The molecule has 120 valence electrons. The van der Waals surface area contributed by atoms with Gasteiger partial charge in [-0.05, 0) is 6.92 Å². The van der Waals surface area contributed by atoms with Crippen LogP contribution in [0.3, 0.4) is 0 Å². The number of hydrogen-bond acceptors (Lipinski definition) is 8. The molecule has 0 aliphatic carbocycles. The Morgan fingerprint density at radius 2 is 1.86 bits per heavy atom. The molecule has 1 fully saturated rings. The fourth-order valence-electron chi connectivity index (χ4n) is 1.25. The van der Waals surface area contributed by atoms with Crippen LogP contribution in [0.1, 0.15) is 6.92 Å². The SMILES string of the molecule is COC(=O)/C(O)=C(/C)O.O=COCC(=O)N1CCOCC1. The van der Waals surface area contributed by atoms with E-state index in [0.29, 0.717) is 26.3 Å². The van der Waals surface area contributed by atoms with Gasteiger partial charge in [0.15, 0.2) is 6.61 Å². The summed E-state index contributed by atoms with van der Waals surface area (Å²) in [6, 6.07) is 0. The molecule has 0 atom stereocenters. The summed E-state index contributed by atoms with van der Waals surface area (Å²) in [5.41, 5.74) is 0. The Morgan fingerprint density at radius 1 is 1.29 bits per heavy atom. The number of hydrogen-bond donors (Lipinski definition) is 2. The number of aliphatic hydroxyl groups is 2. The molecule has 0 bridgehead atoms. The average Bonchev–Trinajstić information content (AvgIpc) is 2.52. The number of morpholine rings is 1. The zero-order chi connectivity index (χ0) is 16.3. The number of nitrogens with zero attached hydrogens (tertiary/aromatic N) is 1. The molecule has 1 aliphatic heterocycles. The van der Waals surface area contributed by atoms with E-state index >= 15 is 0 Å². The summed E-state index contributed by atoms with van der Waals surface area (Å²) in [6.45, 7) is 3.59. The zero-order valence-electron chi connectivity index (χ0n) is 11.9. The summed E-state index contributed by atoms with van der Waals surface area (Å²) in [5.74, 6) is -2.29. The predicted molar refractivity (Wildman–Crippen MR) is 69.4 cm³/mol. The Labute approximate surface area is 121 Å². The first-order valence-corrected chi connectivity index (χ1v) is 6.01. The second kappa shape index (κ2) is 10.5. The molecular weight excluding hydrogens is 286 g/mol. The van der Waals surface area contributed by atoms with Crippen LogP contribution in [-0.2, 0) is 28.6 Å². The highest BCUT2D eigenvalue weighted by atomic mass is 16.5. The number of esters is 1. The third-order valence-corrected chi connectivity index (χ3v) is 2.36. The molecule has 1 rings (SSSR count). The summed E-state index contributed by atoms with van der Waals surface area (Å²) in [4.78, 5) is 32.8. The first-order valence-electron chi connectivity index (χ1n) is 6.01. The molecule has 1 heterocycles. The van der Waals surface area contributed by atoms with Crippen LogP contribution in [0.4, 0.5) is 0 Å². The molecule has 2 N–H and O–H groups in total. The largest absolute Gasteiger partial charge is 0.508 e. The summed E-state index contributed by atoms with van der Waals surface area (Å²) in [5, 5.41) is 17.0. The molecule has 0 aromatic heterocycles. The van der Waals surface area contributed by atoms with Gasteiger partial charge in [0.25, 0.3) is 12.4 Å². The lowest BCUT2D eigenvalue weighted by Gasteiger charge is -2.26. The van der Waals surface area contributed by atoms with Crippen molar-refractivity contribution in [3.63, 3.8) is 0 Å². The highest BCUT2D eigenvalue weighted by molar-refractivity contribution is 5.85.